The first-order valence-corrected chi connectivity index (χ1v) is 7.27. The van der Waals surface area contributed by atoms with E-state index in [4.69, 9.17) is 10.9 Å². The van der Waals surface area contributed by atoms with E-state index in [0.29, 0.717) is 6.42 Å². The van der Waals surface area contributed by atoms with E-state index in [2.05, 4.69) is 9.88 Å². The van der Waals surface area contributed by atoms with E-state index >= 15 is 0 Å². The van der Waals surface area contributed by atoms with Gasteiger partial charge in [0.2, 0.25) is 0 Å². The van der Waals surface area contributed by atoms with E-state index in [0.717, 1.165) is 11.3 Å². The first kappa shape index (κ1) is 13.9. The van der Waals surface area contributed by atoms with E-state index in [1.807, 2.05) is 0 Å². The number of hydrogen-bond acceptors (Lipinski definition) is 5. The number of nitrogens with zero attached hydrogens (tertiary/aromatic N) is 1. The van der Waals surface area contributed by atoms with Gasteiger partial charge in [0.15, 0.2) is 5.84 Å². The molecular weight excluding hydrogens is 262 g/mol. The van der Waals surface area contributed by atoms with E-state index in [1.165, 1.54) is 6.07 Å². The second-order valence-electron chi connectivity index (χ2n) is 3.71. The van der Waals surface area contributed by atoms with Crippen LogP contribution in [-0.4, -0.2) is 25.0 Å². The van der Waals surface area contributed by atoms with E-state index in [-0.39, 0.29) is 10.0 Å². The molecule has 0 radical (unpaired) electrons. The van der Waals surface area contributed by atoms with Crippen molar-refractivity contribution in [2.45, 2.75) is 30.0 Å². The summed E-state index contributed by atoms with van der Waals surface area (Å²) in [4.78, 5) is 0. The van der Waals surface area contributed by atoms with Crippen molar-refractivity contribution in [1.82, 2.24) is 4.72 Å². The number of oxime groups is 1. The molecule has 1 rings (SSSR count). The zero-order valence-electron chi connectivity index (χ0n) is 9.54. The van der Waals surface area contributed by atoms with Crippen LogP contribution in [0.2, 0.25) is 0 Å². The molecule has 0 amide bonds. The Bertz CT molecular complexity index is 496. The lowest BCUT2D eigenvalue weighted by Gasteiger charge is -2.27. The normalized spacial score (nSPS) is 16.7. The molecule has 0 spiro atoms. The van der Waals surface area contributed by atoms with Gasteiger partial charge in [-0.15, -0.1) is 11.3 Å². The average Bonchev–Trinajstić information content (AvgIpc) is 2.81. The number of hydrogen-bond donors (Lipinski definition) is 3. The standard InChI is InChI=1S/C9H15N3O3S2/c1-3-9(2,8(10)11-13)12-17(14,15)7-5-4-6-16-7/h4-6,12-13H,3H2,1-2H3,(H2,10,11). The van der Waals surface area contributed by atoms with Gasteiger partial charge in [0.25, 0.3) is 10.0 Å². The molecule has 0 saturated carbocycles. The second kappa shape index (κ2) is 5.03. The van der Waals surface area contributed by atoms with Gasteiger partial charge < -0.3 is 10.9 Å². The van der Waals surface area contributed by atoms with Crippen LogP contribution in [0.3, 0.4) is 0 Å². The van der Waals surface area contributed by atoms with E-state index in [9.17, 15) is 8.42 Å². The Balaban J connectivity index is 3.05. The molecular formula is C9H15N3O3S2. The van der Waals surface area contributed by atoms with Gasteiger partial charge >= 0.3 is 0 Å². The summed E-state index contributed by atoms with van der Waals surface area (Å²) in [6, 6.07) is 3.14. The Morgan fingerprint density at radius 2 is 2.35 bits per heavy atom. The number of rotatable bonds is 5. The van der Waals surface area contributed by atoms with Crippen molar-refractivity contribution in [3.05, 3.63) is 17.5 Å². The number of nitrogens with two attached hydrogens (primary N) is 1. The van der Waals surface area contributed by atoms with Gasteiger partial charge in [-0.1, -0.05) is 18.1 Å². The Morgan fingerprint density at radius 1 is 1.71 bits per heavy atom. The van der Waals surface area contributed by atoms with Crippen LogP contribution in [0, 0.1) is 0 Å². The SMILES string of the molecule is CCC(C)(NS(=O)(=O)c1cccs1)/C(N)=N/O. The number of nitrogens with one attached hydrogen (secondary N) is 1. The molecule has 0 aliphatic heterocycles. The first-order valence-electron chi connectivity index (χ1n) is 4.91. The molecule has 8 heteroatoms. The zero-order chi connectivity index (χ0) is 13.1. The Morgan fingerprint density at radius 3 is 2.76 bits per heavy atom. The number of sulfonamides is 1. The average molecular weight is 277 g/mol. The molecule has 0 aliphatic rings. The lowest BCUT2D eigenvalue weighted by atomic mass is 10.00. The lowest BCUT2D eigenvalue weighted by Crippen LogP contribution is -2.54. The predicted octanol–water partition coefficient (Wildman–Crippen LogP) is 0.942. The largest absolute Gasteiger partial charge is 0.409 e. The number of amidine groups is 1. The smallest absolute Gasteiger partial charge is 0.250 e. The van der Waals surface area contributed by atoms with Crippen LogP contribution < -0.4 is 10.5 Å². The molecule has 1 unspecified atom stereocenters. The fraction of sp³-hybridized carbons (Fsp3) is 0.444. The summed E-state index contributed by atoms with van der Waals surface area (Å²) in [5.41, 5.74) is 4.40. The molecule has 1 atom stereocenters. The minimum atomic E-state index is -3.65. The minimum absolute atomic E-state index is 0.167. The molecule has 4 N–H and O–H groups in total. The third kappa shape index (κ3) is 2.96. The summed E-state index contributed by atoms with van der Waals surface area (Å²) in [5.74, 6) is -0.167. The fourth-order valence-corrected chi connectivity index (χ4v) is 3.63. The van der Waals surface area contributed by atoms with Gasteiger partial charge in [-0.25, -0.2) is 8.42 Å². The minimum Gasteiger partial charge on any atom is -0.409 e. The van der Waals surface area contributed by atoms with Crippen LogP contribution in [0.1, 0.15) is 20.3 Å². The monoisotopic (exact) mass is 277 g/mol. The van der Waals surface area contributed by atoms with Crippen molar-refractivity contribution < 1.29 is 13.6 Å². The summed E-state index contributed by atoms with van der Waals surface area (Å²) in [5, 5.41) is 13.2. The maximum absolute atomic E-state index is 12.0. The van der Waals surface area contributed by atoms with E-state index < -0.39 is 15.6 Å². The third-order valence-corrected chi connectivity index (χ3v) is 5.49. The van der Waals surface area contributed by atoms with Crippen molar-refractivity contribution in [3.63, 3.8) is 0 Å². The maximum atomic E-state index is 12.0. The summed E-state index contributed by atoms with van der Waals surface area (Å²) in [6.07, 6.45) is 0.369. The summed E-state index contributed by atoms with van der Waals surface area (Å²) < 4.78 is 26.6. The van der Waals surface area contributed by atoms with Crippen molar-refractivity contribution in [2.24, 2.45) is 10.9 Å². The lowest BCUT2D eigenvalue weighted by molar-refractivity contribution is 0.310. The van der Waals surface area contributed by atoms with Crippen molar-refractivity contribution >= 4 is 27.2 Å². The molecule has 0 saturated heterocycles. The topological polar surface area (TPSA) is 105 Å². The molecule has 1 heterocycles. The van der Waals surface area contributed by atoms with Gasteiger partial charge in [0.1, 0.15) is 4.21 Å². The molecule has 0 aliphatic carbocycles. The van der Waals surface area contributed by atoms with Crippen LogP contribution >= 0.6 is 11.3 Å². The maximum Gasteiger partial charge on any atom is 0.250 e. The molecule has 0 bridgehead atoms. The molecule has 1 aromatic rings. The van der Waals surface area contributed by atoms with Gasteiger partial charge in [-0.3, -0.25) is 0 Å². The molecule has 1 aromatic heterocycles. The Kier molecular flexibility index (Phi) is 4.12. The molecule has 6 nitrogen and oxygen atoms in total. The van der Waals surface area contributed by atoms with Crippen LogP contribution in [0.25, 0.3) is 0 Å². The van der Waals surface area contributed by atoms with Crippen LogP contribution in [-0.2, 0) is 10.0 Å². The van der Waals surface area contributed by atoms with Gasteiger partial charge in [-0.05, 0) is 24.8 Å². The highest BCUT2D eigenvalue weighted by atomic mass is 32.2. The van der Waals surface area contributed by atoms with Crippen molar-refractivity contribution in [3.8, 4) is 0 Å². The summed E-state index contributed by atoms with van der Waals surface area (Å²) in [7, 11) is -3.65. The van der Waals surface area contributed by atoms with Gasteiger partial charge in [0.05, 0.1) is 5.54 Å². The highest BCUT2D eigenvalue weighted by Gasteiger charge is 2.33. The molecule has 0 aromatic carbocycles. The zero-order valence-corrected chi connectivity index (χ0v) is 11.2. The Labute approximate surface area is 104 Å². The molecule has 96 valence electrons. The summed E-state index contributed by atoms with van der Waals surface area (Å²) >= 11 is 1.11. The highest BCUT2D eigenvalue weighted by molar-refractivity contribution is 7.91. The van der Waals surface area contributed by atoms with Crippen LogP contribution in [0.4, 0.5) is 0 Å². The van der Waals surface area contributed by atoms with Crippen LogP contribution in [0.5, 0.6) is 0 Å². The molecule has 0 fully saturated rings. The number of thiophene rings is 1. The van der Waals surface area contributed by atoms with Gasteiger partial charge in [-0.2, -0.15) is 4.72 Å². The van der Waals surface area contributed by atoms with Gasteiger partial charge in [0, 0.05) is 0 Å². The fourth-order valence-electron chi connectivity index (χ4n) is 1.18. The second-order valence-corrected chi connectivity index (χ2v) is 6.57. The van der Waals surface area contributed by atoms with E-state index in [1.54, 1.807) is 25.3 Å². The van der Waals surface area contributed by atoms with Crippen molar-refractivity contribution in [2.75, 3.05) is 0 Å². The highest BCUT2D eigenvalue weighted by Crippen LogP contribution is 2.20. The quantitative estimate of drug-likeness (QED) is 0.322. The van der Waals surface area contributed by atoms with Crippen molar-refractivity contribution in [1.29, 1.82) is 0 Å². The molecule has 17 heavy (non-hydrogen) atoms. The summed E-state index contributed by atoms with van der Waals surface area (Å²) in [6.45, 7) is 3.31. The first-order chi connectivity index (χ1) is 7.85. The Hall–Kier alpha value is -1.12. The third-order valence-electron chi connectivity index (χ3n) is 2.50. The predicted molar refractivity (Wildman–Crippen MR) is 66.7 cm³/mol. The van der Waals surface area contributed by atoms with Crippen LogP contribution in [0.15, 0.2) is 26.9 Å².